The highest BCUT2D eigenvalue weighted by Gasteiger charge is 2.36. The highest BCUT2D eigenvalue weighted by Crippen LogP contribution is 2.30. The van der Waals surface area contributed by atoms with E-state index in [9.17, 15) is 20.1 Å². The second-order valence-electron chi connectivity index (χ2n) is 7.12. The van der Waals surface area contributed by atoms with Crippen LogP contribution in [0.3, 0.4) is 0 Å². The highest BCUT2D eigenvalue weighted by atomic mass is 16.3. The first-order valence-electron chi connectivity index (χ1n) is 8.30. The average Bonchev–Trinajstić information content (AvgIpc) is 2.89. The summed E-state index contributed by atoms with van der Waals surface area (Å²) in [5.41, 5.74) is 4.98. The third kappa shape index (κ3) is 5.83. The lowest BCUT2D eigenvalue weighted by Crippen LogP contribution is -2.45. The second-order valence-corrected chi connectivity index (χ2v) is 7.12. The molecule has 0 aromatic heterocycles. The number of aliphatic hydroxyl groups is 3. The second kappa shape index (κ2) is 8.82. The van der Waals surface area contributed by atoms with Gasteiger partial charge in [0.05, 0.1) is 12.2 Å². The van der Waals surface area contributed by atoms with Gasteiger partial charge in [-0.3, -0.25) is 4.79 Å². The first kappa shape index (κ1) is 19.4. The lowest BCUT2D eigenvalue weighted by Gasteiger charge is -2.32. The molecule has 0 radical (unpaired) electrons. The molecule has 0 saturated carbocycles. The maximum atomic E-state index is 11.3. The van der Waals surface area contributed by atoms with Crippen molar-refractivity contribution in [2.45, 2.75) is 70.1 Å². The van der Waals surface area contributed by atoms with Crippen LogP contribution in [0.1, 0.15) is 52.4 Å². The Labute approximate surface area is 133 Å². The molecule has 0 aliphatic carbocycles. The summed E-state index contributed by atoms with van der Waals surface area (Å²) >= 11 is 0. The number of primary amides is 1. The smallest absolute Gasteiger partial charge is 0.219 e. The van der Waals surface area contributed by atoms with Crippen LogP contribution < -0.4 is 11.1 Å². The SMILES string of the molecule is CC(C)C[C@H](CO)[C@@H](O)[C@@H](O)CC[C@@]1(CC(N)=O)CCCN1. The van der Waals surface area contributed by atoms with Crippen LogP contribution in [0.4, 0.5) is 0 Å². The number of carbonyl (C=O) groups is 1. The van der Waals surface area contributed by atoms with E-state index in [4.69, 9.17) is 5.73 Å². The van der Waals surface area contributed by atoms with Gasteiger partial charge < -0.3 is 26.4 Å². The van der Waals surface area contributed by atoms with E-state index < -0.39 is 12.2 Å². The van der Waals surface area contributed by atoms with Gasteiger partial charge in [-0.15, -0.1) is 0 Å². The van der Waals surface area contributed by atoms with E-state index in [0.717, 1.165) is 19.4 Å². The largest absolute Gasteiger partial charge is 0.396 e. The Balaban J connectivity index is 2.55. The van der Waals surface area contributed by atoms with Crippen molar-refractivity contribution in [3.8, 4) is 0 Å². The van der Waals surface area contributed by atoms with Crippen molar-refractivity contribution in [3.05, 3.63) is 0 Å². The van der Waals surface area contributed by atoms with E-state index in [1.165, 1.54) is 0 Å². The molecule has 1 heterocycles. The maximum Gasteiger partial charge on any atom is 0.219 e. The van der Waals surface area contributed by atoms with Crippen molar-refractivity contribution in [2.75, 3.05) is 13.2 Å². The number of nitrogens with two attached hydrogens (primary N) is 1. The van der Waals surface area contributed by atoms with E-state index in [2.05, 4.69) is 5.32 Å². The van der Waals surface area contributed by atoms with Gasteiger partial charge in [0.25, 0.3) is 0 Å². The van der Waals surface area contributed by atoms with Crippen LogP contribution in [0.15, 0.2) is 0 Å². The van der Waals surface area contributed by atoms with E-state index in [1.54, 1.807) is 0 Å². The lowest BCUT2D eigenvalue weighted by atomic mass is 9.83. The molecule has 0 bridgehead atoms. The molecule has 6 N–H and O–H groups in total. The number of rotatable bonds is 10. The molecule has 1 fully saturated rings. The first-order valence-corrected chi connectivity index (χ1v) is 8.30. The Hall–Kier alpha value is -0.690. The fraction of sp³-hybridized carbons (Fsp3) is 0.938. The van der Waals surface area contributed by atoms with E-state index >= 15 is 0 Å². The summed E-state index contributed by atoms with van der Waals surface area (Å²) in [7, 11) is 0. The molecule has 0 aromatic carbocycles. The van der Waals surface area contributed by atoms with Gasteiger partial charge in [-0.25, -0.2) is 0 Å². The van der Waals surface area contributed by atoms with Crippen molar-refractivity contribution < 1.29 is 20.1 Å². The summed E-state index contributed by atoms with van der Waals surface area (Å²) < 4.78 is 0. The summed E-state index contributed by atoms with van der Waals surface area (Å²) in [4.78, 5) is 11.3. The van der Waals surface area contributed by atoms with Crippen LogP contribution in [0, 0.1) is 11.8 Å². The van der Waals surface area contributed by atoms with Crippen LogP contribution in [0.5, 0.6) is 0 Å². The van der Waals surface area contributed by atoms with Gasteiger partial charge in [-0.05, 0) is 44.6 Å². The van der Waals surface area contributed by atoms with Gasteiger partial charge >= 0.3 is 0 Å². The van der Waals surface area contributed by atoms with Gasteiger partial charge in [-0.2, -0.15) is 0 Å². The minimum atomic E-state index is -0.945. The Morgan fingerprint density at radius 1 is 1.36 bits per heavy atom. The summed E-state index contributed by atoms with van der Waals surface area (Å²) in [5, 5.41) is 33.2. The van der Waals surface area contributed by atoms with Gasteiger partial charge in [0.1, 0.15) is 0 Å². The first-order chi connectivity index (χ1) is 10.3. The average molecular weight is 316 g/mol. The van der Waals surface area contributed by atoms with Gasteiger partial charge in [-0.1, -0.05) is 13.8 Å². The molecule has 1 amide bonds. The normalized spacial score (nSPS) is 26.1. The Bertz CT molecular complexity index is 343. The molecule has 4 atom stereocenters. The highest BCUT2D eigenvalue weighted by molar-refractivity contribution is 5.75. The number of aliphatic hydroxyl groups excluding tert-OH is 3. The monoisotopic (exact) mass is 316 g/mol. The minimum Gasteiger partial charge on any atom is -0.396 e. The van der Waals surface area contributed by atoms with Crippen molar-refractivity contribution in [2.24, 2.45) is 17.6 Å². The standard InChI is InChI=1S/C16H32N2O4/c1-11(2)8-12(10-19)15(22)13(20)4-6-16(9-14(17)21)5-3-7-18-16/h11-13,15,18-20,22H,3-10H2,1-2H3,(H2,17,21)/t12-,13+,15-,16-/m1/s1. The fourth-order valence-electron chi connectivity index (χ4n) is 3.49. The summed E-state index contributed by atoms with van der Waals surface area (Å²) in [5.74, 6) is -0.326. The molecule has 6 heteroatoms. The van der Waals surface area contributed by atoms with E-state index in [1.807, 2.05) is 13.8 Å². The van der Waals surface area contributed by atoms with E-state index in [-0.39, 0.29) is 30.4 Å². The Morgan fingerprint density at radius 3 is 2.50 bits per heavy atom. The van der Waals surface area contributed by atoms with Crippen LogP contribution in [-0.2, 0) is 4.79 Å². The third-order valence-corrected chi connectivity index (χ3v) is 4.65. The van der Waals surface area contributed by atoms with Crippen molar-refractivity contribution in [3.63, 3.8) is 0 Å². The zero-order valence-corrected chi connectivity index (χ0v) is 13.8. The van der Waals surface area contributed by atoms with Crippen molar-refractivity contribution >= 4 is 5.91 Å². The van der Waals surface area contributed by atoms with Gasteiger partial charge in [0, 0.05) is 24.5 Å². The predicted molar refractivity (Wildman–Crippen MR) is 85.1 cm³/mol. The van der Waals surface area contributed by atoms with Crippen molar-refractivity contribution in [1.29, 1.82) is 0 Å². The fourth-order valence-corrected chi connectivity index (χ4v) is 3.49. The Kier molecular flexibility index (Phi) is 7.76. The van der Waals surface area contributed by atoms with Gasteiger partial charge in [0.15, 0.2) is 0 Å². The van der Waals surface area contributed by atoms with Crippen LogP contribution in [-0.4, -0.2) is 52.1 Å². The third-order valence-electron chi connectivity index (χ3n) is 4.65. The Morgan fingerprint density at radius 2 is 2.05 bits per heavy atom. The quantitative estimate of drug-likeness (QED) is 0.393. The molecule has 22 heavy (non-hydrogen) atoms. The summed E-state index contributed by atoms with van der Waals surface area (Å²) in [6, 6.07) is 0. The molecule has 1 aliphatic rings. The lowest BCUT2D eigenvalue weighted by molar-refractivity contribution is -0.119. The summed E-state index contributed by atoms with van der Waals surface area (Å²) in [6.45, 7) is 4.75. The molecular formula is C16H32N2O4. The molecular weight excluding hydrogens is 284 g/mol. The number of carbonyl (C=O) groups excluding carboxylic acids is 1. The molecule has 1 saturated heterocycles. The van der Waals surface area contributed by atoms with Crippen LogP contribution >= 0.6 is 0 Å². The number of hydrogen-bond donors (Lipinski definition) is 5. The van der Waals surface area contributed by atoms with Gasteiger partial charge in [0.2, 0.25) is 5.91 Å². The molecule has 1 rings (SSSR count). The molecule has 130 valence electrons. The molecule has 0 unspecified atom stereocenters. The number of nitrogens with one attached hydrogen (secondary N) is 1. The maximum absolute atomic E-state index is 11.3. The molecule has 0 spiro atoms. The van der Waals surface area contributed by atoms with Crippen molar-refractivity contribution in [1.82, 2.24) is 5.32 Å². The molecule has 0 aromatic rings. The number of hydrogen-bond acceptors (Lipinski definition) is 5. The molecule has 1 aliphatic heterocycles. The summed E-state index contributed by atoms with van der Waals surface area (Å²) in [6.07, 6.45) is 1.89. The number of amides is 1. The zero-order valence-electron chi connectivity index (χ0n) is 13.8. The zero-order chi connectivity index (χ0) is 16.8. The minimum absolute atomic E-state index is 0.138. The molecule has 6 nitrogen and oxygen atoms in total. The topological polar surface area (TPSA) is 116 Å². The van der Waals surface area contributed by atoms with E-state index in [0.29, 0.717) is 25.2 Å². The van der Waals surface area contributed by atoms with Crippen LogP contribution in [0.2, 0.25) is 0 Å². The van der Waals surface area contributed by atoms with Crippen LogP contribution in [0.25, 0.3) is 0 Å². The predicted octanol–water partition coefficient (Wildman–Crippen LogP) is 0.141.